The number of nitrogens with two attached hydrogens (primary N) is 1. The fourth-order valence-electron chi connectivity index (χ4n) is 1.64. The summed E-state index contributed by atoms with van der Waals surface area (Å²) in [6.45, 7) is 1.51. The molecule has 1 heterocycles. The minimum atomic E-state index is 0.667. The first kappa shape index (κ1) is 11.6. The molecule has 0 atom stereocenters. The van der Waals surface area contributed by atoms with E-state index in [0.29, 0.717) is 6.54 Å². The van der Waals surface area contributed by atoms with E-state index in [0.717, 1.165) is 30.1 Å². The molecule has 0 aliphatic rings. The Morgan fingerprint density at radius 2 is 2.06 bits per heavy atom. The van der Waals surface area contributed by atoms with Crippen molar-refractivity contribution in [3.8, 4) is 17.1 Å². The van der Waals surface area contributed by atoms with Crippen LogP contribution in [0.25, 0.3) is 11.4 Å². The number of aromatic nitrogens is 3. The zero-order chi connectivity index (χ0) is 12.1. The monoisotopic (exact) mass is 232 g/mol. The first-order valence-electron chi connectivity index (χ1n) is 5.57. The average Bonchev–Trinajstić information content (AvgIpc) is 2.84. The standard InChI is InChI=1S/C12H16N4O/c1-17-11-5-3-10(4-6-11)12-15-14-9-16(12)8-2-7-13/h3-6,9H,2,7-8,13H2,1H3. The number of ether oxygens (including phenoxy) is 1. The minimum Gasteiger partial charge on any atom is -0.497 e. The molecule has 0 aliphatic heterocycles. The lowest BCUT2D eigenvalue weighted by molar-refractivity contribution is 0.415. The summed E-state index contributed by atoms with van der Waals surface area (Å²) >= 11 is 0. The molecule has 5 heteroatoms. The van der Waals surface area contributed by atoms with E-state index in [4.69, 9.17) is 10.5 Å². The van der Waals surface area contributed by atoms with E-state index < -0.39 is 0 Å². The highest BCUT2D eigenvalue weighted by molar-refractivity contribution is 5.56. The van der Waals surface area contributed by atoms with E-state index in [2.05, 4.69) is 10.2 Å². The van der Waals surface area contributed by atoms with Crippen molar-refractivity contribution in [2.45, 2.75) is 13.0 Å². The molecule has 2 rings (SSSR count). The second kappa shape index (κ2) is 5.45. The molecule has 0 spiro atoms. The molecule has 0 saturated carbocycles. The lowest BCUT2D eigenvalue weighted by atomic mass is 10.2. The maximum atomic E-state index is 5.50. The molecule has 5 nitrogen and oxygen atoms in total. The molecular weight excluding hydrogens is 216 g/mol. The van der Waals surface area contributed by atoms with Gasteiger partial charge >= 0.3 is 0 Å². The van der Waals surface area contributed by atoms with Gasteiger partial charge in [-0.2, -0.15) is 0 Å². The summed E-state index contributed by atoms with van der Waals surface area (Å²) in [5, 5.41) is 8.06. The molecular formula is C12H16N4O. The molecule has 0 unspecified atom stereocenters. The molecule has 0 amide bonds. The largest absolute Gasteiger partial charge is 0.497 e. The second-order valence-corrected chi connectivity index (χ2v) is 3.72. The topological polar surface area (TPSA) is 66.0 Å². The summed E-state index contributed by atoms with van der Waals surface area (Å²) in [7, 11) is 1.65. The summed E-state index contributed by atoms with van der Waals surface area (Å²) in [6, 6.07) is 7.78. The Balaban J connectivity index is 2.23. The maximum absolute atomic E-state index is 5.50. The molecule has 0 fully saturated rings. The van der Waals surface area contributed by atoms with Crippen molar-refractivity contribution in [1.29, 1.82) is 0 Å². The van der Waals surface area contributed by atoms with Gasteiger partial charge in [0.15, 0.2) is 5.82 Å². The number of hydrogen-bond donors (Lipinski definition) is 1. The van der Waals surface area contributed by atoms with Gasteiger partial charge in [-0.1, -0.05) is 0 Å². The first-order chi connectivity index (χ1) is 8.35. The van der Waals surface area contributed by atoms with Crippen molar-refractivity contribution >= 4 is 0 Å². The molecule has 2 aromatic rings. The van der Waals surface area contributed by atoms with Crippen LogP contribution in [0.3, 0.4) is 0 Å². The summed E-state index contributed by atoms with van der Waals surface area (Å²) < 4.78 is 7.13. The highest BCUT2D eigenvalue weighted by atomic mass is 16.5. The fraction of sp³-hybridized carbons (Fsp3) is 0.333. The molecule has 2 N–H and O–H groups in total. The van der Waals surface area contributed by atoms with Crippen molar-refractivity contribution in [1.82, 2.24) is 14.8 Å². The van der Waals surface area contributed by atoms with Crippen LogP contribution in [-0.2, 0) is 6.54 Å². The lowest BCUT2D eigenvalue weighted by Gasteiger charge is -2.06. The Morgan fingerprint density at radius 1 is 1.29 bits per heavy atom. The highest BCUT2D eigenvalue weighted by Gasteiger charge is 2.06. The van der Waals surface area contributed by atoms with Gasteiger partial charge in [0.25, 0.3) is 0 Å². The molecule has 0 aliphatic carbocycles. The number of hydrogen-bond acceptors (Lipinski definition) is 4. The number of nitrogens with zero attached hydrogens (tertiary/aromatic N) is 3. The molecule has 1 aromatic carbocycles. The first-order valence-corrected chi connectivity index (χ1v) is 5.57. The minimum absolute atomic E-state index is 0.667. The number of aryl methyl sites for hydroxylation is 1. The third-order valence-electron chi connectivity index (χ3n) is 2.57. The molecule has 1 aromatic heterocycles. The van der Waals surface area contributed by atoms with Gasteiger partial charge in [0, 0.05) is 12.1 Å². The number of rotatable bonds is 5. The molecule has 0 saturated heterocycles. The molecule has 17 heavy (non-hydrogen) atoms. The van der Waals surface area contributed by atoms with E-state index in [1.165, 1.54) is 0 Å². The van der Waals surface area contributed by atoms with E-state index in [1.807, 2.05) is 28.8 Å². The van der Waals surface area contributed by atoms with Gasteiger partial charge in [-0.25, -0.2) is 0 Å². The van der Waals surface area contributed by atoms with Crippen LogP contribution in [0.4, 0.5) is 0 Å². The molecule has 0 bridgehead atoms. The summed E-state index contributed by atoms with van der Waals surface area (Å²) in [5.41, 5.74) is 6.53. The van der Waals surface area contributed by atoms with Gasteiger partial charge < -0.3 is 15.0 Å². The molecule has 0 radical (unpaired) electrons. The van der Waals surface area contributed by atoms with E-state index in [1.54, 1.807) is 13.4 Å². The van der Waals surface area contributed by atoms with E-state index in [9.17, 15) is 0 Å². The van der Waals surface area contributed by atoms with Crippen molar-refractivity contribution in [2.75, 3.05) is 13.7 Å². The van der Waals surface area contributed by atoms with Crippen LogP contribution in [0.5, 0.6) is 5.75 Å². The summed E-state index contributed by atoms with van der Waals surface area (Å²) in [6.07, 6.45) is 2.65. The summed E-state index contributed by atoms with van der Waals surface area (Å²) in [5.74, 6) is 1.70. The van der Waals surface area contributed by atoms with Gasteiger partial charge in [0.1, 0.15) is 12.1 Å². The van der Waals surface area contributed by atoms with Crippen LogP contribution in [0, 0.1) is 0 Å². The predicted octanol–water partition coefficient (Wildman–Crippen LogP) is 1.30. The Morgan fingerprint density at radius 3 is 2.71 bits per heavy atom. The zero-order valence-electron chi connectivity index (χ0n) is 9.84. The Hall–Kier alpha value is -1.88. The Labute approximate surface area is 100 Å². The van der Waals surface area contributed by atoms with Crippen LogP contribution < -0.4 is 10.5 Å². The highest BCUT2D eigenvalue weighted by Crippen LogP contribution is 2.20. The Bertz CT molecular complexity index is 464. The van der Waals surface area contributed by atoms with Gasteiger partial charge in [-0.3, -0.25) is 0 Å². The maximum Gasteiger partial charge on any atom is 0.163 e. The smallest absolute Gasteiger partial charge is 0.163 e. The second-order valence-electron chi connectivity index (χ2n) is 3.72. The number of methoxy groups -OCH3 is 1. The number of benzene rings is 1. The SMILES string of the molecule is COc1ccc(-c2nncn2CCCN)cc1. The Kier molecular flexibility index (Phi) is 3.72. The van der Waals surface area contributed by atoms with Gasteiger partial charge in [-0.05, 0) is 37.2 Å². The zero-order valence-corrected chi connectivity index (χ0v) is 9.84. The third kappa shape index (κ3) is 2.62. The third-order valence-corrected chi connectivity index (χ3v) is 2.57. The normalized spacial score (nSPS) is 10.5. The lowest BCUT2D eigenvalue weighted by Crippen LogP contribution is -2.06. The van der Waals surface area contributed by atoms with Crippen molar-refractivity contribution < 1.29 is 4.74 Å². The van der Waals surface area contributed by atoms with Crippen LogP contribution in [0.1, 0.15) is 6.42 Å². The summed E-state index contributed by atoms with van der Waals surface area (Å²) in [4.78, 5) is 0. The van der Waals surface area contributed by atoms with Crippen molar-refractivity contribution in [2.24, 2.45) is 5.73 Å². The van der Waals surface area contributed by atoms with Crippen molar-refractivity contribution in [3.63, 3.8) is 0 Å². The van der Waals surface area contributed by atoms with Gasteiger partial charge in [0.05, 0.1) is 7.11 Å². The van der Waals surface area contributed by atoms with Crippen LogP contribution in [0.2, 0.25) is 0 Å². The van der Waals surface area contributed by atoms with Crippen LogP contribution >= 0.6 is 0 Å². The quantitative estimate of drug-likeness (QED) is 0.844. The van der Waals surface area contributed by atoms with Crippen molar-refractivity contribution in [3.05, 3.63) is 30.6 Å². The predicted molar refractivity (Wildman–Crippen MR) is 65.7 cm³/mol. The van der Waals surface area contributed by atoms with Gasteiger partial charge in [0.2, 0.25) is 0 Å². The fourth-order valence-corrected chi connectivity index (χ4v) is 1.64. The van der Waals surface area contributed by atoms with Crippen LogP contribution in [-0.4, -0.2) is 28.4 Å². The average molecular weight is 232 g/mol. The van der Waals surface area contributed by atoms with Gasteiger partial charge in [-0.15, -0.1) is 10.2 Å². The van der Waals surface area contributed by atoms with E-state index >= 15 is 0 Å². The van der Waals surface area contributed by atoms with Crippen LogP contribution in [0.15, 0.2) is 30.6 Å². The molecule has 90 valence electrons. The van der Waals surface area contributed by atoms with E-state index in [-0.39, 0.29) is 0 Å².